The number of rotatable bonds is 2. The molecule has 0 heterocycles. The van der Waals surface area contributed by atoms with Crippen molar-refractivity contribution in [2.75, 3.05) is 5.32 Å². The van der Waals surface area contributed by atoms with Crippen LogP contribution in [0.5, 0.6) is 0 Å². The molecule has 0 spiro atoms. The lowest BCUT2D eigenvalue weighted by atomic mass is 10.1. The van der Waals surface area contributed by atoms with Gasteiger partial charge >= 0.3 is 0 Å². The molecule has 0 saturated carbocycles. The molecule has 0 aromatic heterocycles. The summed E-state index contributed by atoms with van der Waals surface area (Å²) in [6, 6.07) is 9.12. The van der Waals surface area contributed by atoms with Crippen molar-refractivity contribution < 1.29 is 9.18 Å². The normalized spacial score (nSPS) is 10.3. The Labute approximate surface area is 123 Å². The topological polar surface area (TPSA) is 29.1 Å². The lowest BCUT2D eigenvalue weighted by molar-refractivity contribution is 0.102. The number of amides is 1. The molecule has 1 N–H and O–H groups in total. The van der Waals surface area contributed by atoms with Crippen molar-refractivity contribution in [1.29, 1.82) is 0 Å². The van der Waals surface area contributed by atoms with Gasteiger partial charge in [0.25, 0.3) is 5.91 Å². The Bertz CT molecular complexity index is 645. The number of hydrogen-bond acceptors (Lipinski definition) is 1. The summed E-state index contributed by atoms with van der Waals surface area (Å²) in [7, 11) is 0. The van der Waals surface area contributed by atoms with E-state index in [9.17, 15) is 9.18 Å². The van der Waals surface area contributed by atoms with Crippen LogP contribution in [0.4, 0.5) is 10.1 Å². The van der Waals surface area contributed by atoms with Gasteiger partial charge in [-0.2, -0.15) is 0 Å². The zero-order chi connectivity index (χ0) is 14.0. The second-order valence-electron chi connectivity index (χ2n) is 4.04. The van der Waals surface area contributed by atoms with E-state index in [1.165, 1.54) is 12.1 Å². The monoisotopic (exact) mass is 341 g/mol. The maximum Gasteiger partial charge on any atom is 0.256 e. The van der Waals surface area contributed by atoms with Crippen LogP contribution in [-0.2, 0) is 0 Å². The molecule has 0 aliphatic heterocycles. The SMILES string of the molecule is Cc1ccc(F)cc1NC(=O)c1ccc(Cl)cc1Br. The van der Waals surface area contributed by atoms with E-state index in [1.54, 1.807) is 31.2 Å². The third kappa shape index (κ3) is 3.33. The Balaban J connectivity index is 2.28. The maximum atomic E-state index is 13.2. The van der Waals surface area contributed by atoms with Crippen LogP contribution in [0.25, 0.3) is 0 Å². The molecule has 0 aliphatic carbocycles. The van der Waals surface area contributed by atoms with E-state index in [4.69, 9.17) is 11.6 Å². The van der Waals surface area contributed by atoms with E-state index in [1.807, 2.05) is 0 Å². The second kappa shape index (κ2) is 5.72. The number of carbonyl (C=O) groups excluding carboxylic acids is 1. The van der Waals surface area contributed by atoms with Crippen LogP contribution < -0.4 is 5.32 Å². The first-order chi connectivity index (χ1) is 8.97. The Morgan fingerprint density at radius 3 is 2.68 bits per heavy atom. The molecule has 19 heavy (non-hydrogen) atoms. The van der Waals surface area contributed by atoms with Gasteiger partial charge in [0.15, 0.2) is 0 Å². The van der Waals surface area contributed by atoms with Crippen LogP contribution in [0.1, 0.15) is 15.9 Å². The highest BCUT2D eigenvalue weighted by molar-refractivity contribution is 9.10. The van der Waals surface area contributed by atoms with E-state index in [0.717, 1.165) is 5.56 Å². The smallest absolute Gasteiger partial charge is 0.256 e. The molecule has 0 saturated heterocycles. The summed E-state index contributed by atoms with van der Waals surface area (Å²) in [6.45, 7) is 1.80. The third-order valence-corrected chi connectivity index (χ3v) is 3.51. The lowest BCUT2D eigenvalue weighted by Crippen LogP contribution is -2.13. The molecule has 2 aromatic carbocycles. The van der Waals surface area contributed by atoms with Gasteiger partial charge in [0, 0.05) is 15.2 Å². The van der Waals surface area contributed by atoms with Gasteiger partial charge in [0.2, 0.25) is 0 Å². The summed E-state index contributed by atoms with van der Waals surface area (Å²) in [5.41, 5.74) is 1.68. The minimum Gasteiger partial charge on any atom is -0.322 e. The zero-order valence-electron chi connectivity index (χ0n) is 10.0. The van der Waals surface area contributed by atoms with E-state index in [2.05, 4.69) is 21.2 Å². The molecule has 2 rings (SSSR count). The van der Waals surface area contributed by atoms with E-state index in [-0.39, 0.29) is 5.91 Å². The fourth-order valence-corrected chi connectivity index (χ4v) is 2.45. The number of benzene rings is 2. The van der Waals surface area contributed by atoms with Crippen LogP contribution in [0.15, 0.2) is 40.9 Å². The van der Waals surface area contributed by atoms with Gasteiger partial charge in [-0.15, -0.1) is 0 Å². The van der Waals surface area contributed by atoms with Gasteiger partial charge in [-0.05, 0) is 58.7 Å². The molecule has 0 radical (unpaired) electrons. The molecule has 0 atom stereocenters. The predicted octanol–water partition coefficient (Wildman–Crippen LogP) is 4.80. The standard InChI is InChI=1S/C14H10BrClFNO/c1-8-2-4-10(17)7-13(8)18-14(19)11-5-3-9(16)6-12(11)15/h2-7H,1H3,(H,18,19). The average molecular weight is 343 g/mol. The molecule has 0 bridgehead atoms. The van der Waals surface area contributed by atoms with Gasteiger partial charge in [-0.1, -0.05) is 17.7 Å². The van der Waals surface area contributed by atoms with Crippen molar-refractivity contribution in [3.63, 3.8) is 0 Å². The quantitative estimate of drug-likeness (QED) is 0.834. The van der Waals surface area contributed by atoms with Crippen LogP contribution in [0.2, 0.25) is 5.02 Å². The third-order valence-electron chi connectivity index (χ3n) is 2.62. The molecule has 5 heteroatoms. The lowest BCUT2D eigenvalue weighted by Gasteiger charge is -2.09. The summed E-state index contributed by atoms with van der Waals surface area (Å²) < 4.78 is 13.7. The van der Waals surface area contributed by atoms with Crippen molar-refractivity contribution >= 4 is 39.1 Å². The number of aryl methyl sites for hydroxylation is 1. The van der Waals surface area contributed by atoms with Gasteiger partial charge < -0.3 is 5.32 Å². The largest absolute Gasteiger partial charge is 0.322 e. The highest BCUT2D eigenvalue weighted by Crippen LogP contribution is 2.23. The highest BCUT2D eigenvalue weighted by Gasteiger charge is 2.12. The molecular formula is C14H10BrClFNO. The van der Waals surface area contributed by atoms with E-state index in [0.29, 0.717) is 20.7 Å². The molecule has 2 aromatic rings. The summed E-state index contributed by atoms with van der Waals surface area (Å²) in [5.74, 6) is -0.715. The van der Waals surface area contributed by atoms with Gasteiger partial charge in [0.1, 0.15) is 5.82 Å². The zero-order valence-corrected chi connectivity index (χ0v) is 12.3. The average Bonchev–Trinajstić information content (AvgIpc) is 2.33. The second-order valence-corrected chi connectivity index (χ2v) is 5.33. The van der Waals surface area contributed by atoms with Crippen molar-refractivity contribution in [3.8, 4) is 0 Å². The van der Waals surface area contributed by atoms with Crippen molar-refractivity contribution in [1.82, 2.24) is 0 Å². The Kier molecular flexibility index (Phi) is 4.22. The fourth-order valence-electron chi connectivity index (χ4n) is 1.59. The van der Waals surface area contributed by atoms with E-state index >= 15 is 0 Å². The molecule has 2 nitrogen and oxygen atoms in total. The number of anilines is 1. The first-order valence-corrected chi connectivity index (χ1v) is 6.67. The summed E-state index contributed by atoms with van der Waals surface area (Å²) >= 11 is 9.09. The van der Waals surface area contributed by atoms with Crippen LogP contribution in [0, 0.1) is 12.7 Å². The van der Waals surface area contributed by atoms with Crippen molar-refractivity contribution in [3.05, 3.63) is 62.8 Å². The molecule has 0 aliphatic rings. The first-order valence-electron chi connectivity index (χ1n) is 5.50. The highest BCUT2D eigenvalue weighted by atomic mass is 79.9. The van der Waals surface area contributed by atoms with Gasteiger partial charge in [-0.3, -0.25) is 4.79 Å². The first kappa shape index (κ1) is 14.0. The maximum absolute atomic E-state index is 13.2. The number of carbonyl (C=O) groups is 1. The number of halogens is 3. The molecular weight excluding hydrogens is 333 g/mol. The van der Waals surface area contributed by atoms with Crippen LogP contribution in [0.3, 0.4) is 0 Å². The summed E-state index contributed by atoms with van der Waals surface area (Å²) in [4.78, 5) is 12.1. The predicted molar refractivity (Wildman–Crippen MR) is 78.2 cm³/mol. The molecule has 1 amide bonds. The fraction of sp³-hybridized carbons (Fsp3) is 0.0714. The van der Waals surface area contributed by atoms with Crippen molar-refractivity contribution in [2.45, 2.75) is 6.92 Å². The molecule has 98 valence electrons. The van der Waals surface area contributed by atoms with Crippen LogP contribution >= 0.6 is 27.5 Å². The van der Waals surface area contributed by atoms with E-state index < -0.39 is 5.82 Å². The van der Waals surface area contributed by atoms with Gasteiger partial charge in [0.05, 0.1) is 5.56 Å². The Hall–Kier alpha value is -1.39. The minimum atomic E-state index is -0.393. The minimum absolute atomic E-state index is 0.322. The summed E-state index contributed by atoms with van der Waals surface area (Å²) in [6.07, 6.45) is 0. The van der Waals surface area contributed by atoms with Gasteiger partial charge in [-0.25, -0.2) is 4.39 Å². The number of hydrogen-bond donors (Lipinski definition) is 1. The Morgan fingerprint density at radius 2 is 2.00 bits per heavy atom. The van der Waals surface area contributed by atoms with Crippen LogP contribution in [-0.4, -0.2) is 5.91 Å². The Morgan fingerprint density at radius 1 is 1.26 bits per heavy atom. The molecule has 0 unspecified atom stereocenters. The number of nitrogens with one attached hydrogen (secondary N) is 1. The molecule has 0 fully saturated rings. The van der Waals surface area contributed by atoms with Crippen molar-refractivity contribution in [2.24, 2.45) is 0 Å². The summed E-state index contributed by atoms with van der Waals surface area (Å²) in [5, 5.41) is 3.21.